The van der Waals surface area contributed by atoms with Crippen LogP contribution in [-0.2, 0) is 51.2 Å². The van der Waals surface area contributed by atoms with Crippen molar-refractivity contribution in [3.63, 3.8) is 0 Å². The van der Waals surface area contributed by atoms with Crippen LogP contribution in [-0.4, -0.2) is 55.7 Å². The van der Waals surface area contributed by atoms with Crippen molar-refractivity contribution in [1.82, 2.24) is 0 Å². The number of aliphatic hydroxyl groups is 4. The molecule has 2 heterocycles. The van der Waals surface area contributed by atoms with Gasteiger partial charge in [0.05, 0.1) is 11.8 Å². The zero-order valence-electron chi connectivity index (χ0n) is 14.8. The molecule has 8 N–H and O–H groups in total. The van der Waals surface area contributed by atoms with Gasteiger partial charge in [-0.1, -0.05) is 36.4 Å². The molecule has 1 aromatic carbocycles. The summed E-state index contributed by atoms with van der Waals surface area (Å²) in [6.45, 7) is 0. The predicted octanol–water partition coefficient (Wildman–Crippen LogP) is -0.273. The molecule has 0 saturated heterocycles. The van der Waals surface area contributed by atoms with E-state index in [4.69, 9.17) is 43.6 Å². The maximum absolute atomic E-state index is 7.78. The molecule has 2 aliphatic heterocycles. The monoisotopic (exact) mass is 573 g/mol. The van der Waals surface area contributed by atoms with E-state index in [0.717, 1.165) is 21.8 Å². The van der Waals surface area contributed by atoms with E-state index in [0.29, 0.717) is 0 Å². The molecule has 0 spiro atoms. The first-order chi connectivity index (χ1) is 11.5. The van der Waals surface area contributed by atoms with Crippen LogP contribution in [0.4, 0.5) is 11.4 Å². The van der Waals surface area contributed by atoms with Crippen molar-refractivity contribution >= 4 is 46.7 Å². The van der Waals surface area contributed by atoms with Crippen LogP contribution >= 0.6 is 23.2 Å². The Labute approximate surface area is 210 Å². The number of aliphatic hydroxyl groups excluding tert-OH is 2. The molecule has 167 valence electrons. The summed E-state index contributed by atoms with van der Waals surface area (Å²) < 4.78 is 0. The van der Waals surface area contributed by atoms with Gasteiger partial charge in [0.1, 0.15) is 0 Å². The summed E-state index contributed by atoms with van der Waals surface area (Å²) in [6, 6.07) is 4.15. The van der Waals surface area contributed by atoms with Gasteiger partial charge in [-0.3, -0.25) is 0 Å². The Bertz CT molecular complexity index is 648. The van der Waals surface area contributed by atoms with Gasteiger partial charge in [0, 0.05) is 34.1 Å². The smallest absolute Gasteiger partial charge is 0.665 e. The number of alkyl halides is 2. The largest absolute Gasteiger partial charge is 2.00 e. The Morgan fingerprint density at radius 1 is 0.724 bits per heavy atom. The molecule has 0 aromatic heterocycles. The first-order valence-corrected chi connectivity index (χ1v) is 7.99. The third kappa shape index (κ3) is 15.4. The molecule has 0 amide bonds. The van der Waals surface area contributed by atoms with Gasteiger partial charge in [-0.05, 0) is 10.4 Å². The Morgan fingerprint density at radius 2 is 1.00 bits per heavy atom. The van der Waals surface area contributed by atoms with E-state index in [1.165, 1.54) is 0 Å². The fraction of sp³-hybridized carbons (Fsp3) is 0.250. The molecular formula is C16H22Cl2Mn3N2O6. The molecule has 29 heavy (non-hydrogen) atoms. The fourth-order valence-corrected chi connectivity index (χ4v) is 1.68. The second-order valence-corrected chi connectivity index (χ2v) is 5.10. The van der Waals surface area contributed by atoms with Gasteiger partial charge >= 0.3 is 17.1 Å². The predicted molar refractivity (Wildman–Crippen MR) is 104 cm³/mol. The molecule has 8 nitrogen and oxygen atoms in total. The molecule has 1 aromatic rings. The Hall–Kier alpha value is -0.0616. The third-order valence-electron chi connectivity index (χ3n) is 2.62. The standard InChI is InChI=1S/C12H8N2.2C2H5ClO2.3Mn.2H2O/c1-3-9-5-6-10-4-2-8-14-12(10)11(9)13-7-1;2*3-1-2(4)5;;;;;/h1-8H;2*2,4-5H,1H2;;;;2*1H2/q-2;;;;;+2;;. The van der Waals surface area contributed by atoms with Crippen molar-refractivity contribution in [3.8, 4) is 0 Å². The molecule has 0 atom stereocenters. The van der Waals surface area contributed by atoms with Crippen LogP contribution in [0.15, 0.2) is 36.7 Å². The van der Waals surface area contributed by atoms with Crippen molar-refractivity contribution < 1.29 is 82.6 Å². The van der Waals surface area contributed by atoms with Crippen LogP contribution in [0.25, 0.3) is 22.8 Å². The number of nitrogens with zero attached hydrogens (tertiary/aromatic N) is 2. The minimum Gasteiger partial charge on any atom is -0.665 e. The molecule has 0 aliphatic carbocycles. The average Bonchev–Trinajstić information content (AvgIpc) is 2.62. The van der Waals surface area contributed by atoms with Crippen molar-refractivity contribution in [3.05, 3.63) is 57.8 Å². The number of benzene rings is 1. The average molecular weight is 574 g/mol. The SMILES string of the molecule is C1=C[N-]c2c3c(ccc2=C1)=CC=C[N-]3.O.O.OC(O)CCl.OC(O)CCl.[Mn+2].[Mn].[Mn]. The number of fused-ring (bicyclic) bond motifs is 3. The van der Waals surface area contributed by atoms with E-state index >= 15 is 0 Å². The van der Waals surface area contributed by atoms with Gasteiger partial charge in [-0.25, -0.2) is 0 Å². The Kier molecular flexibility index (Phi) is 30.7. The first-order valence-electron chi connectivity index (χ1n) is 6.92. The maximum Gasteiger partial charge on any atom is 2.00 e. The van der Waals surface area contributed by atoms with E-state index in [-0.39, 0.29) is 73.9 Å². The van der Waals surface area contributed by atoms with Gasteiger partial charge in [0.2, 0.25) is 0 Å². The van der Waals surface area contributed by atoms with Gasteiger partial charge in [-0.2, -0.15) is 12.4 Å². The summed E-state index contributed by atoms with van der Waals surface area (Å²) in [5, 5.41) is 42.1. The van der Waals surface area contributed by atoms with E-state index in [1.807, 2.05) is 12.2 Å². The molecule has 0 unspecified atom stereocenters. The van der Waals surface area contributed by atoms with Crippen LogP contribution < -0.4 is 10.4 Å². The minimum absolute atomic E-state index is 0. The summed E-state index contributed by atoms with van der Waals surface area (Å²) in [7, 11) is 0. The Morgan fingerprint density at radius 3 is 1.24 bits per heavy atom. The zero-order chi connectivity index (χ0) is 17.9. The van der Waals surface area contributed by atoms with Gasteiger partial charge in [0.25, 0.3) is 0 Å². The van der Waals surface area contributed by atoms with E-state index in [9.17, 15) is 0 Å². The molecule has 0 bridgehead atoms. The number of hydrogen-bond acceptors (Lipinski definition) is 4. The molecule has 3 radical (unpaired) electrons. The van der Waals surface area contributed by atoms with Crippen LogP contribution in [0.5, 0.6) is 0 Å². The summed E-state index contributed by atoms with van der Waals surface area (Å²) in [5.41, 5.74) is 1.95. The van der Waals surface area contributed by atoms with Gasteiger partial charge < -0.3 is 42.0 Å². The second kappa shape index (κ2) is 22.6. The van der Waals surface area contributed by atoms with Gasteiger partial charge in [-0.15, -0.1) is 34.6 Å². The van der Waals surface area contributed by atoms with Gasteiger partial charge in [0.15, 0.2) is 12.6 Å². The number of halogens is 2. The maximum atomic E-state index is 7.78. The van der Waals surface area contributed by atoms with Crippen molar-refractivity contribution in [2.24, 2.45) is 0 Å². The molecule has 0 fully saturated rings. The van der Waals surface area contributed by atoms with Crippen LogP contribution in [0.1, 0.15) is 0 Å². The van der Waals surface area contributed by atoms with Crippen molar-refractivity contribution in [2.45, 2.75) is 12.6 Å². The molecule has 13 heteroatoms. The Balaban J connectivity index is -0.000000112. The quantitative estimate of drug-likeness (QED) is 0.217. The first kappa shape index (κ1) is 39.4. The van der Waals surface area contributed by atoms with E-state index in [2.05, 4.69) is 34.9 Å². The van der Waals surface area contributed by atoms with Crippen LogP contribution in [0, 0.1) is 0 Å². The molecule has 2 aliphatic rings. The number of allylic oxidation sites excluding steroid dienone is 2. The minimum atomic E-state index is -1.35. The molecular weight excluding hydrogens is 552 g/mol. The summed E-state index contributed by atoms with van der Waals surface area (Å²) >= 11 is 9.67. The summed E-state index contributed by atoms with van der Waals surface area (Å²) in [4.78, 5) is 0. The van der Waals surface area contributed by atoms with E-state index < -0.39 is 12.6 Å². The summed E-state index contributed by atoms with van der Waals surface area (Å²) in [6.07, 6.45) is 8.89. The number of rotatable bonds is 2. The fourth-order valence-electron chi connectivity index (χ4n) is 1.68. The molecule has 0 saturated carbocycles. The van der Waals surface area contributed by atoms with Crippen molar-refractivity contribution in [2.75, 3.05) is 11.8 Å². The normalized spacial score (nSPS) is 10.8. The van der Waals surface area contributed by atoms with Crippen molar-refractivity contribution in [1.29, 1.82) is 0 Å². The second-order valence-electron chi connectivity index (χ2n) is 4.49. The third-order valence-corrected chi connectivity index (χ3v) is 3.17. The van der Waals surface area contributed by atoms with Crippen LogP contribution in [0.3, 0.4) is 0 Å². The zero-order valence-corrected chi connectivity index (χ0v) is 19.8. The topological polar surface area (TPSA) is 172 Å². The number of hydrogen-bond donors (Lipinski definition) is 4. The molecule has 3 rings (SSSR count). The van der Waals surface area contributed by atoms with Crippen LogP contribution in [0.2, 0.25) is 0 Å². The summed E-state index contributed by atoms with van der Waals surface area (Å²) in [5.74, 6) is -0.222. The van der Waals surface area contributed by atoms with E-state index in [1.54, 1.807) is 12.4 Å².